The molecule has 1 aliphatic heterocycles. The van der Waals surface area contributed by atoms with Crippen molar-refractivity contribution in [3.05, 3.63) is 6.04 Å². The highest BCUT2D eigenvalue weighted by Crippen LogP contribution is 2.12. The summed E-state index contributed by atoms with van der Waals surface area (Å²) in [5, 5.41) is 4.54. The van der Waals surface area contributed by atoms with Crippen LogP contribution in [0.1, 0.15) is 13.8 Å². The quantitative estimate of drug-likeness (QED) is 0.505. The summed E-state index contributed by atoms with van der Waals surface area (Å²) in [6.45, 7) is 3.70. The molecule has 0 aromatic carbocycles. The number of hydrogen-bond donors (Lipinski definition) is 2. The van der Waals surface area contributed by atoms with E-state index in [1.165, 1.54) is 0 Å². The Morgan fingerprint density at radius 3 is 2.00 bits per heavy atom. The number of rotatable bonds is 1. The van der Waals surface area contributed by atoms with E-state index in [1.807, 2.05) is 13.8 Å². The molecule has 1 aliphatic rings. The van der Waals surface area contributed by atoms with E-state index < -0.39 is 6.03 Å². The monoisotopic (exact) mass is 141 g/mol. The van der Waals surface area contributed by atoms with Crippen molar-refractivity contribution < 1.29 is 9.59 Å². The second-order valence-corrected chi connectivity index (χ2v) is 2.48. The Kier molecular flexibility index (Phi) is 1.61. The number of hydrogen-bond acceptors (Lipinski definition) is 2. The van der Waals surface area contributed by atoms with Gasteiger partial charge in [0.25, 0.3) is 5.91 Å². The molecule has 0 aromatic rings. The van der Waals surface area contributed by atoms with Crippen LogP contribution in [-0.2, 0) is 4.79 Å². The molecule has 3 amide bonds. The van der Waals surface area contributed by atoms with Crippen LogP contribution in [0, 0.1) is 12.0 Å². The maximum Gasteiger partial charge on any atom is 0.322 e. The van der Waals surface area contributed by atoms with Crippen molar-refractivity contribution in [1.29, 1.82) is 0 Å². The molecule has 1 heterocycles. The number of carbonyl (C=O) groups is 2. The summed E-state index contributed by atoms with van der Waals surface area (Å²) in [4.78, 5) is 21.3. The molecule has 0 aliphatic carbocycles. The predicted molar refractivity (Wildman–Crippen MR) is 34.8 cm³/mol. The molecule has 1 fully saturated rings. The van der Waals surface area contributed by atoms with E-state index in [0.29, 0.717) is 6.04 Å². The lowest BCUT2D eigenvalue weighted by Gasteiger charge is -2.07. The molecule has 4 heteroatoms. The molecule has 0 saturated carbocycles. The minimum Gasteiger partial charge on any atom is -0.320 e. The standard InChI is InChI=1S/C6H9N2O2/c1-3(2)4-5(9)8-6(10)7-4/h3H,1-2H3,(H2,7,8,9,10). The average Bonchev–Trinajstić information content (AvgIpc) is 2.10. The second kappa shape index (κ2) is 2.28. The van der Waals surface area contributed by atoms with E-state index in [2.05, 4.69) is 10.6 Å². The Hall–Kier alpha value is -1.06. The van der Waals surface area contributed by atoms with Crippen molar-refractivity contribution in [3.8, 4) is 0 Å². The zero-order valence-corrected chi connectivity index (χ0v) is 5.89. The van der Waals surface area contributed by atoms with Gasteiger partial charge in [-0.3, -0.25) is 10.1 Å². The molecule has 0 bridgehead atoms. The lowest BCUT2D eigenvalue weighted by atomic mass is 10.1. The van der Waals surface area contributed by atoms with Gasteiger partial charge >= 0.3 is 6.03 Å². The smallest absolute Gasteiger partial charge is 0.320 e. The molecular weight excluding hydrogens is 132 g/mol. The highest BCUT2D eigenvalue weighted by molar-refractivity contribution is 6.09. The third kappa shape index (κ3) is 1.10. The van der Waals surface area contributed by atoms with Gasteiger partial charge in [-0.1, -0.05) is 13.8 Å². The third-order valence-corrected chi connectivity index (χ3v) is 1.30. The van der Waals surface area contributed by atoms with Crippen molar-refractivity contribution in [3.63, 3.8) is 0 Å². The van der Waals surface area contributed by atoms with Crippen LogP contribution >= 0.6 is 0 Å². The van der Waals surface area contributed by atoms with Gasteiger partial charge in [-0.25, -0.2) is 4.79 Å². The van der Waals surface area contributed by atoms with E-state index in [4.69, 9.17) is 0 Å². The normalized spacial score (nSPS) is 19.5. The van der Waals surface area contributed by atoms with Crippen LogP contribution in [0.5, 0.6) is 0 Å². The number of imide groups is 1. The fraction of sp³-hybridized carbons (Fsp3) is 0.500. The van der Waals surface area contributed by atoms with E-state index in [-0.39, 0.29) is 11.8 Å². The van der Waals surface area contributed by atoms with Crippen LogP contribution in [-0.4, -0.2) is 11.9 Å². The first-order chi connectivity index (χ1) is 4.61. The lowest BCUT2D eigenvalue weighted by Crippen LogP contribution is -2.24. The summed E-state index contributed by atoms with van der Waals surface area (Å²) >= 11 is 0. The van der Waals surface area contributed by atoms with E-state index >= 15 is 0 Å². The van der Waals surface area contributed by atoms with Crippen molar-refractivity contribution in [1.82, 2.24) is 10.6 Å². The molecule has 0 aromatic heterocycles. The van der Waals surface area contributed by atoms with Crippen molar-refractivity contribution >= 4 is 11.9 Å². The van der Waals surface area contributed by atoms with Gasteiger partial charge in [0.2, 0.25) is 0 Å². The van der Waals surface area contributed by atoms with Crippen LogP contribution in [0.2, 0.25) is 0 Å². The van der Waals surface area contributed by atoms with Crippen LogP contribution < -0.4 is 10.6 Å². The summed E-state index contributed by atoms with van der Waals surface area (Å²) < 4.78 is 0. The zero-order chi connectivity index (χ0) is 7.72. The highest BCUT2D eigenvalue weighted by atomic mass is 16.2. The third-order valence-electron chi connectivity index (χ3n) is 1.30. The largest absolute Gasteiger partial charge is 0.322 e. The SMILES string of the molecule is CC(C)[C]1NC(=O)NC1=O. The fourth-order valence-electron chi connectivity index (χ4n) is 0.787. The molecule has 0 spiro atoms. The maximum absolute atomic E-state index is 10.8. The van der Waals surface area contributed by atoms with Crippen LogP contribution in [0.15, 0.2) is 0 Å². The van der Waals surface area contributed by atoms with E-state index in [1.54, 1.807) is 0 Å². The van der Waals surface area contributed by atoms with Gasteiger partial charge in [0, 0.05) is 0 Å². The van der Waals surface area contributed by atoms with Gasteiger partial charge in [-0.2, -0.15) is 0 Å². The Labute approximate surface area is 59.0 Å². The van der Waals surface area contributed by atoms with Crippen LogP contribution in [0.25, 0.3) is 0 Å². The lowest BCUT2D eigenvalue weighted by molar-refractivity contribution is -0.118. The van der Waals surface area contributed by atoms with Gasteiger partial charge in [-0.15, -0.1) is 0 Å². The van der Waals surface area contributed by atoms with Gasteiger partial charge in [0.1, 0.15) is 0 Å². The number of nitrogens with one attached hydrogen (secondary N) is 2. The Morgan fingerprint density at radius 1 is 1.20 bits per heavy atom. The molecular formula is C6H9N2O2. The van der Waals surface area contributed by atoms with Gasteiger partial charge in [0.15, 0.2) is 6.04 Å². The number of urea groups is 1. The number of carbonyl (C=O) groups excluding carboxylic acids is 2. The molecule has 4 nitrogen and oxygen atoms in total. The Morgan fingerprint density at radius 2 is 1.80 bits per heavy atom. The molecule has 1 radical (unpaired) electrons. The first-order valence-electron chi connectivity index (χ1n) is 3.10. The summed E-state index contributed by atoms with van der Waals surface area (Å²) in [6, 6.07) is 0.0266. The first kappa shape index (κ1) is 7.05. The first-order valence-corrected chi connectivity index (χ1v) is 3.10. The molecule has 0 atom stereocenters. The van der Waals surface area contributed by atoms with Crippen molar-refractivity contribution in [2.45, 2.75) is 13.8 Å². The summed E-state index contributed by atoms with van der Waals surface area (Å²) in [5.74, 6) is -0.230. The molecule has 1 saturated heterocycles. The number of amides is 3. The molecule has 55 valence electrons. The van der Waals surface area contributed by atoms with Gasteiger partial charge < -0.3 is 5.32 Å². The molecule has 0 unspecified atom stereocenters. The Balaban J connectivity index is 2.63. The van der Waals surface area contributed by atoms with Crippen molar-refractivity contribution in [2.75, 3.05) is 0 Å². The molecule has 2 N–H and O–H groups in total. The molecule has 1 rings (SSSR count). The summed E-state index contributed by atoms with van der Waals surface area (Å²) in [5.41, 5.74) is 0. The second-order valence-electron chi connectivity index (χ2n) is 2.48. The van der Waals surface area contributed by atoms with E-state index in [0.717, 1.165) is 0 Å². The van der Waals surface area contributed by atoms with Crippen molar-refractivity contribution in [2.24, 2.45) is 5.92 Å². The highest BCUT2D eigenvalue weighted by Gasteiger charge is 2.32. The zero-order valence-electron chi connectivity index (χ0n) is 5.89. The fourth-order valence-corrected chi connectivity index (χ4v) is 0.787. The van der Waals surface area contributed by atoms with E-state index in [9.17, 15) is 9.59 Å². The van der Waals surface area contributed by atoms with Crippen LogP contribution in [0.4, 0.5) is 4.79 Å². The topological polar surface area (TPSA) is 58.2 Å². The minimum atomic E-state index is -0.422. The predicted octanol–water partition coefficient (Wildman–Crippen LogP) is 0.0138. The minimum absolute atomic E-state index is 0.0754. The summed E-state index contributed by atoms with van der Waals surface area (Å²) in [7, 11) is 0. The van der Waals surface area contributed by atoms with Gasteiger partial charge in [0.05, 0.1) is 0 Å². The van der Waals surface area contributed by atoms with Crippen LogP contribution in [0.3, 0.4) is 0 Å². The Bertz CT molecular complexity index is 177. The summed E-state index contributed by atoms with van der Waals surface area (Å²) in [6.07, 6.45) is 0. The molecule has 10 heavy (non-hydrogen) atoms. The maximum atomic E-state index is 10.8. The van der Waals surface area contributed by atoms with Gasteiger partial charge in [-0.05, 0) is 5.92 Å². The average molecular weight is 141 g/mol.